The predicted molar refractivity (Wildman–Crippen MR) is 83.6 cm³/mol. The molecule has 0 amide bonds. The third-order valence-corrected chi connectivity index (χ3v) is 3.49. The molecule has 0 unspecified atom stereocenters. The number of ketones is 1. The Hall–Kier alpha value is -2.83. The molecule has 0 saturated carbocycles. The predicted octanol–water partition coefficient (Wildman–Crippen LogP) is 4.27. The minimum absolute atomic E-state index is 0.0583. The Bertz CT molecular complexity index is 797. The van der Waals surface area contributed by atoms with E-state index >= 15 is 0 Å². The highest BCUT2D eigenvalue weighted by Crippen LogP contribution is 2.34. The highest BCUT2D eigenvalue weighted by molar-refractivity contribution is 5.96. The summed E-state index contributed by atoms with van der Waals surface area (Å²) in [5, 5.41) is 0. The molecule has 0 heterocycles. The van der Waals surface area contributed by atoms with E-state index in [1.54, 1.807) is 18.2 Å². The molecule has 2 aromatic carbocycles. The van der Waals surface area contributed by atoms with Gasteiger partial charge in [-0.3, -0.25) is 4.79 Å². The quantitative estimate of drug-likeness (QED) is 0.596. The fraction of sp³-hybridized carbons (Fsp3) is 0.222. The average Bonchev–Trinajstić information content (AvgIpc) is 2.58. The van der Waals surface area contributed by atoms with E-state index in [9.17, 15) is 22.8 Å². The minimum atomic E-state index is -4.68. The van der Waals surface area contributed by atoms with Gasteiger partial charge in [-0.15, -0.1) is 0 Å². The Labute approximate surface area is 142 Å². The third-order valence-electron chi connectivity index (χ3n) is 3.49. The molecule has 0 fully saturated rings. The summed E-state index contributed by atoms with van der Waals surface area (Å²) >= 11 is 0. The number of Topliss-reactive ketones (excluding diaryl/α,β-unsaturated/α-hetero) is 1. The van der Waals surface area contributed by atoms with Gasteiger partial charge in [-0.1, -0.05) is 18.2 Å². The van der Waals surface area contributed by atoms with Gasteiger partial charge in [0.2, 0.25) is 0 Å². The number of carbonyl (C=O) groups is 2. The van der Waals surface area contributed by atoms with E-state index in [4.69, 9.17) is 4.74 Å². The molecule has 0 spiro atoms. The first-order valence-corrected chi connectivity index (χ1v) is 7.25. The molecule has 132 valence electrons. The Morgan fingerprint density at radius 2 is 1.72 bits per heavy atom. The fourth-order valence-corrected chi connectivity index (χ4v) is 2.27. The number of ether oxygens (including phenoxy) is 2. The van der Waals surface area contributed by atoms with Gasteiger partial charge in [0, 0.05) is 11.1 Å². The summed E-state index contributed by atoms with van der Waals surface area (Å²) in [6, 6.07) is 9.59. The maximum absolute atomic E-state index is 13.1. The van der Waals surface area contributed by atoms with Gasteiger partial charge in [0.15, 0.2) is 5.78 Å². The van der Waals surface area contributed by atoms with Crippen LogP contribution in [0.2, 0.25) is 0 Å². The zero-order chi connectivity index (χ0) is 18.6. The maximum Gasteiger partial charge on any atom is 0.417 e. The van der Waals surface area contributed by atoms with Crippen LogP contribution in [-0.4, -0.2) is 18.9 Å². The molecule has 25 heavy (non-hydrogen) atoms. The minimum Gasteiger partial charge on any atom is -0.489 e. The number of benzene rings is 2. The van der Waals surface area contributed by atoms with Crippen molar-refractivity contribution in [2.24, 2.45) is 0 Å². The zero-order valence-corrected chi connectivity index (χ0v) is 13.5. The van der Waals surface area contributed by atoms with Crippen LogP contribution >= 0.6 is 0 Å². The van der Waals surface area contributed by atoms with E-state index in [0.29, 0.717) is 5.56 Å². The molecule has 0 saturated heterocycles. The summed E-state index contributed by atoms with van der Waals surface area (Å²) in [5.41, 5.74) is -0.742. The summed E-state index contributed by atoms with van der Waals surface area (Å²) in [6.07, 6.45) is -4.68. The van der Waals surface area contributed by atoms with Crippen LogP contribution in [0.3, 0.4) is 0 Å². The Kier molecular flexibility index (Phi) is 5.46. The molecule has 0 aliphatic carbocycles. The lowest BCUT2D eigenvalue weighted by Gasteiger charge is -2.14. The first-order chi connectivity index (χ1) is 11.7. The van der Waals surface area contributed by atoms with E-state index in [1.807, 2.05) is 0 Å². The van der Waals surface area contributed by atoms with Gasteiger partial charge in [-0.2, -0.15) is 13.2 Å². The molecule has 2 aromatic rings. The highest BCUT2D eigenvalue weighted by Gasteiger charge is 2.35. The Morgan fingerprint density at radius 1 is 1.04 bits per heavy atom. The third kappa shape index (κ3) is 4.37. The van der Waals surface area contributed by atoms with Gasteiger partial charge in [-0.25, -0.2) is 4.79 Å². The number of esters is 1. The summed E-state index contributed by atoms with van der Waals surface area (Å²) in [4.78, 5) is 23.1. The second-order valence-corrected chi connectivity index (χ2v) is 5.20. The van der Waals surface area contributed by atoms with Crippen LogP contribution in [0.1, 0.15) is 38.8 Å². The number of alkyl halides is 3. The maximum atomic E-state index is 13.1. The molecule has 7 heteroatoms. The number of methoxy groups -OCH3 is 1. The smallest absolute Gasteiger partial charge is 0.417 e. The van der Waals surface area contributed by atoms with Crippen molar-refractivity contribution in [1.29, 1.82) is 0 Å². The normalized spacial score (nSPS) is 11.1. The van der Waals surface area contributed by atoms with Crippen LogP contribution in [0.4, 0.5) is 13.2 Å². The first kappa shape index (κ1) is 18.5. The SMILES string of the molecule is COC(=O)c1ccccc1COc1ccc(C(C)=O)c(C(F)(F)F)c1. The molecule has 0 N–H and O–H groups in total. The van der Waals surface area contributed by atoms with E-state index in [1.165, 1.54) is 19.2 Å². The Morgan fingerprint density at radius 3 is 2.32 bits per heavy atom. The van der Waals surface area contributed by atoms with Gasteiger partial charge in [-0.05, 0) is 31.2 Å². The largest absolute Gasteiger partial charge is 0.489 e. The van der Waals surface area contributed by atoms with E-state index in [-0.39, 0.29) is 17.9 Å². The molecule has 0 radical (unpaired) electrons. The van der Waals surface area contributed by atoms with Crippen molar-refractivity contribution in [3.63, 3.8) is 0 Å². The lowest BCUT2D eigenvalue weighted by molar-refractivity contribution is -0.138. The molecule has 0 bridgehead atoms. The fourth-order valence-electron chi connectivity index (χ4n) is 2.27. The van der Waals surface area contributed by atoms with Crippen molar-refractivity contribution in [2.75, 3.05) is 7.11 Å². The second-order valence-electron chi connectivity index (χ2n) is 5.20. The topological polar surface area (TPSA) is 52.6 Å². The van der Waals surface area contributed by atoms with Gasteiger partial charge < -0.3 is 9.47 Å². The molecule has 4 nitrogen and oxygen atoms in total. The number of hydrogen-bond donors (Lipinski definition) is 0. The summed E-state index contributed by atoms with van der Waals surface area (Å²) in [7, 11) is 1.23. The molecule has 0 aliphatic rings. The van der Waals surface area contributed by atoms with Crippen molar-refractivity contribution in [2.45, 2.75) is 19.7 Å². The van der Waals surface area contributed by atoms with Crippen molar-refractivity contribution in [3.8, 4) is 5.75 Å². The van der Waals surface area contributed by atoms with Crippen molar-refractivity contribution in [3.05, 3.63) is 64.7 Å². The number of carbonyl (C=O) groups excluding carboxylic acids is 2. The van der Waals surface area contributed by atoms with E-state index in [0.717, 1.165) is 19.1 Å². The van der Waals surface area contributed by atoms with E-state index in [2.05, 4.69) is 4.74 Å². The molecule has 0 aromatic heterocycles. The molecule has 0 atom stereocenters. The number of hydrogen-bond acceptors (Lipinski definition) is 4. The van der Waals surface area contributed by atoms with Gasteiger partial charge in [0.05, 0.1) is 18.2 Å². The van der Waals surface area contributed by atoms with E-state index < -0.39 is 29.1 Å². The van der Waals surface area contributed by atoms with Crippen molar-refractivity contribution < 1.29 is 32.2 Å². The van der Waals surface area contributed by atoms with Crippen LogP contribution < -0.4 is 4.74 Å². The summed E-state index contributed by atoms with van der Waals surface area (Å²) in [6.45, 7) is 0.944. The second kappa shape index (κ2) is 7.38. The first-order valence-electron chi connectivity index (χ1n) is 7.25. The van der Waals surface area contributed by atoms with Gasteiger partial charge in [0.25, 0.3) is 0 Å². The molecule has 0 aliphatic heterocycles. The Balaban J connectivity index is 2.28. The van der Waals surface area contributed by atoms with Crippen LogP contribution in [-0.2, 0) is 17.5 Å². The van der Waals surface area contributed by atoms with Crippen LogP contribution in [0.15, 0.2) is 42.5 Å². The standard InChI is InChI=1S/C18H15F3O4/c1-11(22)14-8-7-13(9-16(14)18(19,20)21)25-10-12-5-3-4-6-15(12)17(23)24-2/h3-9H,10H2,1-2H3. The summed E-state index contributed by atoms with van der Waals surface area (Å²) < 4.78 is 49.3. The van der Waals surface area contributed by atoms with Gasteiger partial charge >= 0.3 is 12.1 Å². The van der Waals surface area contributed by atoms with Crippen LogP contribution in [0, 0.1) is 0 Å². The lowest BCUT2D eigenvalue weighted by atomic mass is 10.0. The van der Waals surface area contributed by atoms with Crippen molar-refractivity contribution in [1.82, 2.24) is 0 Å². The molecular formula is C18H15F3O4. The monoisotopic (exact) mass is 352 g/mol. The van der Waals surface area contributed by atoms with Crippen LogP contribution in [0.25, 0.3) is 0 Å². The van der Waals surface area contributed by atoms with Crippen molar-refractivity contribution >= 4 is 11.8 Å². The lowest BCUT2D eigenvalue weighted by Crippen LogP contribution is -2.12. The number of rotatable bonds is 5. The molecule has 2 rings (SSSR count). The highest BCUT2D eigenvalue weighted by atomic mass is 19.4. The zero-order valence-electron chi connectivity index (χ0n) is 13.5. The average molecular weight is 352 g/mol. The number of halogens is 3. The van der Waals surface area contributed by atoms with Crippen LogP contribution in [0.5, 0.6) is 5.75 Å². The summed E-state index contributed by atoms with van der Waals surface area (Å²) in [5.74, 6) is -1.31. The molecular weight excluding hydrogens is 337 g/mol. The van der Waals surface area contributed by atoms with Gasteiger partial charge in [0.1, 0.15) is 12.4 Å².